The van der Waals surface area contributed by atoms with Gasteiger partial charge in [-0.15, -0.1) is 0 Å². The number of aromatic nitrogens is 1. The van der Waals surface area contributed by atoms with Crippen molar-refractivity contribution in [1.82, 2.24) is 5.16 Å². The highest BCUT2D eigenvalue weighted by Crippen LogP contribution is 2.29. The lowest BCUT2D eigenvalue weighted by molar-refractivity contribution is -0.119. The van der Waals surface area contributed by atoms with Gasteiger partial charge in [0.15, 0.2) is 12.4 Å². The monoisotopic (exact) mass is 433 g/mol. The number of hydrogen-bond donors (Lipinski definition) is 1. The topological polar surface area (TPSA) is 119 Å². The minimum atomic E-state index is -0.792. The molecule has 9 nitrogen and oxygen atoms in total. The largest absolute Gasteiger partial charge is 0.452 e. The van der Waals surface area contributed by atoms with Crippen LogP contribution in [0.5, 0.6) is 0 Å². The summed E-state index contributed by atoms with van der Waals surface area (Å²) in [5, 5.41) is 6.41. The zero-order chi connectivity index (χ0) is 23.0. The fraction of sp³-hybridized carbons (Fsp3) is 0.174. The number of nitrogens with one attached hydrogen (secondary N) is 1. The molecule has 0 saturated carbocycles. The molecule has 0 aliphatic carbocycles. The number of ether oxygens (including phenoxy) is 1. The number of amides is 3. The number of carbonyl (C=O) groups is 4. The van der Waals surface area contributed by atoms with Crippen LogP contribution in [0.4, 0.5) is 11.5 Å². The molecule has 2 heterocycles. The molecule has 0 unspecified atom stereocenters. The minimum absolute atomic E-state index is 0.0441. The van der Waals surface area contributed by atoms with Crippen LogP contribution >= 0.6 is 0 Å². The summed E-state index contributed by atoms with van der Waals surface area (Å²) in [7, 11) is 0. The van der Waals surface area contributed by atoms with Crippen molar-refractivity contribution >= 4 is 35.2 Å². The highest BCUT2D eigenvalue weighted by molar-refractivity contribution is 6.34. The quantitative estimate of drug-likeness (QED) is 0.485. The molecule has 1 aromatic heterocycles. The molecule has 3 amide bonds. The number of benzene rings is 2. The van der Waals surface area contributed by atoms with Gasteiger partial charge in [-0.05, 0) is 56.2 Å². The molecule has 0 atom stereocenters. The normalized spacial score (nSPS) is 12.7. The Hall–Kier alpha value is -4.27. The average molecular weight is 433 g/mol. The molecule has 1 N–H and O–H groups in total. The average Bonchev–Trinajstić information content (AvgIpc) is 3.30. The van der Waals surface area contributed by atoms with Gasteiger partial charge in [-0.1, -0.05) is 17.3 Å². The lowest BCUT2D eigenvalue weighted by Crippen LogP contribution is -2.29. The standard InChI is InChI=1S/C23H19N3O6/c1-12-5-4-6-18(14(12)3)24-20(27)11-31-23(30)15-7-8-16-17(10-15)22(29)26(21(16)28)19-9-13(2)32-25-19/h4-10H,11H2,1-3H3,(H,24,27). The summed E-state index contributed by atoms with van der Waals surface area (Å²) >= 11 is 0. The summed E-state index contributed by atoms with van der Waals surface area (Å²) in [6.45, 7) is 4.94. The van der Waals surface area contributed by atoms with Crippen molar-refractivity contribution in [3.63, 3.8) is 0 Å². The van der Waals surface area contributed by atoms with Crippen LogP contribution in [0, 0.1) is 20.8 Å². The summed E-state index contributed by atoms with van der Waals surface area (Å²) in [6.07, 6.45) is 0. The van der Waals surface area contributed by atoms with Gasteiger partial charge in [-0.2, -0.15) is 0 Å². The Labute approximate surface area is 182 Å². The van der Waals surface area contributed by atoms with Crippen LogP contribution in [0.15, 0.2) is 47.0 Å². The van der Waals surface area contributed by atoms with Gasteiger partial charge in [-0.3, -0.25) is 14.4 Å². The van der Waals surface area contributed by atoms with Gasteiger partial charge in [-0.25, -0.2) is 9.69 Å². The van der Waals surface area contributed by atoms with Crippen molar-refractivity contribution in [3.8, 4) is 0 Å². The number of rotatable bonds is 5. The molecule has 9 heteroatoms. The maximum atomic E-state index is 12.7. The van der Waals surface area contributed by atoms with Crippen molar-refractivity contribution in [2.45, 2.75) is 20.8 Å². The van der Waals surface area contributed by atoms with E-state index in [0.717, 1.165) is 16.0 Å². The molecule has 3 aromatic rings. The first-order chi connectivity index (χ1) is 15.3. The maximum absolute atomic E-state index is 12.7. The van der Waals surface area contributed by atoms with Gasteiger partial charge < -0.3 is 14.6 Å². The highest BCUT2D eigenvalue weighted by Gasteiger charge is 2.38. The first kappa shape index (κ1) is 21.0. The van der Waals surface area contributed by atoms with E-state index in [2.05, 4.69) is 10.5 Å². The minimum Gasteiger partial charge on any atom is -0.452 e. The van der Waals surface area contributed by atoms with E-state index in [-0.39, 0.29) is 22.5 Å². The zero-order valence-electron chi connectivity index (χ0n) is 17.6. The lowest BCUT2D eigenvalue weighted by Gasteiger charge is -2.10. The molecule has 0 spiro atoms. The first-order valence-corrected chi connectivity index (χ1v) is 9.75. The predicted molar refractivity (Wildman–Crippen MR) is 114 cm³/mol. The van der Waals surface area contributed by atoms with Crippen LogP contribution in [-0.2, 0) is 9.53 Å². The second kappa shape index (κ2) is 8.10. The molecule has 32 heavy (non-hydrogen) atoms. The zero-order valence-corrected chi connectivity index (χ0v) is 17.6. The summed E-state index contributed by atoms with van der Waals surface area (Å²) in [6, 6.07) is 11.0. The molecule has 0 radical (unpaired) electrons. The second-order valence-corrected chi connectivity index (χ2v) is 7.37. The molecule has 0 saturated heterocycles. The Balaban J connectivity index is 1.44. The second-order valence-electron chi connectivity index (χ2n) is 7.37. The highest BCUT2D eigenvalue weighted by atomic mass is 16.5. The van der Waals surface area contributed by atoms with E-state index in [1.54, 1.807) is 13.0 Å². The van der Waals surface area contributed by atoms with Crippen molar-refractivity contribution in [2.24, 2.45) is 0 Å². The number of fused-ring (bicyclic) bond motifs is 1. The Morgan fingerprint density at radius 2 is 1.78 bits per heavy atom. The van der Waals surface area contributed by atoms with Crippen molar-refractivity contribution in [3.05, 3.63) is 76.0 Å². The molecule has 0 fully saturated rings. The Bertz CT molecular complexity index is 1280. The van der Waals surface area contributed by atoms with Crippen molar-refractivity contribution in [2.75, 3.05) is 16.8 Å². The summed E-state index contributed by atoms with van der Waals surface area (Å²) in [4.78, 5) is 50.8. The molecular formula is C23H19N3O6. The van der Waals surface area contributed by atoms with E-state index in [4.69, 9.17) is 9.26 Å². The number of nitrogens with zero attached hydrogens (tertiary/aromatic N) is 2. The molecule has 1 aliphatic rings. The molecule has 162 valence electrons. The smallest absolute Gasteiger partial charge is 0.338 e. The van der Waals surface area contributed by atoms with Crippen LogP contribution in [-0.4, -0.2) is 35.5 Å². The number of aryl methyl sites for hydroxylation is 2. The van der Waals surface area contributed by atoms with Gasteiger partial charge in [0.05, 0.1) is 16.7 Å². The number of anilines is 2. The maximum Gasteiger partial charge on any atom is 0.338 e. The van der Waals surface area contributed by atoms with E-state index in [0.29, 0.717) is 11.4 Å². The van der Waals surface area contributed by atoms with Gasteiger partial charge in [0.1, 0.15) is 5.76 Å². The third-order valence-electron chi connectivity index (χ3n) is 5.18. The first-order valence-electron chi connectivity index (χ1n) is 9.75. The van der Waals surface area contributed by atoms with Crippen LogP contribution in [0.2, 0.25) is 0 Å². The summed E-state index contributed by atoms with van der Waals surface area (Å²) < 4.78 is 10.0. The molecule has 0 bridgehead atoms. The third kappa shape index (κ3) is 3.76. The van der Waals surface area contributed by atoms with Gasteiger partial charge >= 0.3 is 5.97 Å². The lowest BCUT2D eigenvalue weighted by atomic mass is 10.1. The van der Waals surface area contributed by atoms with E-state index < -0.39 is 30.3 Å². The van der Waals surface area contributed by atoms with E-state index >= 15 is 0 Å². The fourth-order valence-corrected chi connectivity index (χ4v) is 3.32. The van der Waals surface area contributed by atoms with E-state index in [1.165, 1.54) is 24.3 Å². The van der Waals surface area contributed by atoms with Crippen LogP contribution in [0.25, 0.3) is 0 Å². The number of imide groups is 1. The van der Waals surface area contributed by atoms with Crippen LogP contribution in [0.3, 0.4) is 0 Å². The van der Waals surface area contributed by atoms with Gasteiger partial charge in [0.2, 0.25) is 0 Å². The third-order valence-corrected chi connectivity index (χ3v) is 5.18. The number of hydrogen-bond acceptors (Lipinski definition) is 7. The Morgan fingerprint density at radius 1 is 1.03 bits per heavy atom. The van der Waals surface area contributed by atoms with Crippen molar-refractivity contribution < 1.29 is 28.4 Å². The van der Waals surface area contributed by atoms with Gasteiger partial charge in [0.25, 0.3) is 17.7 Å². The number of carbonyl (C=O) groups excluding carboxylic acids is 4. The van der Waals surface area contributed by atoms with Crippen LogP contribution < -0.4 is 10.2 Å². The molecule has 4 rings (SSSR count). The molecular weight excluding hydrogens is 414 g/mol. The van der Waals surface area contributed by atoms with Gasteiger partial charge in [0, 0.05) is 11.8 Å². The van der Waals surface area contributed by atoms with E-state index in [1.807, 2.05) is 26.0 Å². The van der Waals surface area contributed by atoms with Crippen molar-refractivity contribution in [1.29, 1.82) is 0 Å². The molecule has 2 aromatic carbocycles. The Morgan fingerprint density at radius 3 is 2.50 bits per heavy atom. The summed E-state index contributed by atoms with van der Waals surface area (Å²) in [5.74, 6) is -1.96. The SMILES string of the molecule is Cc1cc(N2C(=O)c3ccc(C(=O)OCC(=O)Nc4cccc(C)c4C)cc3C2=O)no1. The molecule has 1 aliphatic heterocycles. The summed E-state index contributed by atoms with van der Waals surface area (Å²) in [5.41, 5.74) is 2.80. The van der Waals surface area contributed by atoms with Crippen LogP contribution in [0.1, 0.15) is 48.0 Å². The Kier molecular flexibility index (Phi) is 5.31. The van der Waals surface area contributed by atoms with E-state index in [9.17, 15) is 19.2 Å². The number of esters is 1. The predicted octanol–water partition coefficient (Wildman–Crippen LogP) is 3.20. The fourth-order valence-electron chi connectivity index (χ4n) is 3.32.